The number of hydrogen-bond donors (Lipinski definition) is 0. The summed E-state index contributed by atoms with van der Waals surface area (Å²) in [5.74, 6) is 1.23. The van der Waals surface area contributed by atoms with Gasteiger partial charge in [0.05, 0.1) is 4.88 Å². The van der Waals surface area contributed by atoms with Crippen LogP contribution in [0.4, 0.5) is 0 Å². The number of aryl methyl sites for hydroxylation is 1. The highest BCUT2D eigenvalue weighted by Gasteiger charge is 2.10. The predicted octanol–water partition coefficient (Wildman–Crippen LogP) is 4.42. The molecule has 0 aliphatic rings. The largest absolute Gasteiger partial charge is 0.334 e. The molecule has 4 heteroatoms. The molecule has 0 bridgehead atoms. The zero-order valence-electron chi connectivity index (χ0n) is 10.7. The van der Waals surface area contributed by atoms with E-state index in [1.54, 1.807) is 11.3 Å². The van der Waals surface area contributed by atoms with Gasteiger partial charge in [-0.15, -0.1) is 11.3 Å². The van der Waals surface area contributed by atoms with E-state index < -0.39 is 0 Å². The van der Waals surface area contributed by atoms with Crippen molar-refractivity contribution in [3.63, 3.8) is 0 Å². The van der Waals surface area contributed by atoms with E-state index in [1.807, 2.05) is 29.6 Å². The minimum Gasteiger partial charge on any atom is -0.334 e. The van der Waals surface area contributed by atoms with Crippen LogP contribution in [0.3, 0.4) is 0 Å². The van der Waals surface area contributed by atoms with Gasteiger partial charge in [-0.1, -0.05) is 36.7 Å². The summed E-state index contributed by atoms with van der Waals surface area (Å²) in [5.41, 5.74) is 2.31. The fourth-order valence-corrected chi connectivity index (χ4v) is 2.60. The van der Waals surface area contributed by atoms with Gasteiger partial charge in [-0.2, -0.15) is 4.98 Å². The summed E-state index contributed by atoms with van der Waals surface area (Å²) in [6.45, 7) is 2.18. The molecule has 0 spiro atoms. The normalized spacial score (nSPS) is 10.8. The molecule has 1 aromatic carbocycles. The van der Waals surface area contributed by atoms with Crippen molar-refractivity contribution in [1.29, 1.82) is 0 Å². The Balaban J connectivity index is 1.86. The monoisotopic (exact) mass is 270 g/mol. The van der Waals surface area contributed by atoms with Gasteiger partial charge in [0, 0.05) is 5.56 Å². The second kappa shape index (κ2) is 5.36. The molecule has 0 fully saturated rings. The summed E-state index contributed by atoms with van der Waals surface area (Å²) in [7, 11) is 0. The highest BCUT2D eigenvalue weighted by atomic mass is 32.1. The third kappa shape index (κ3) is 2.58. The van der Waals surface area contributed by atoms with Crippen molar-refractivity contribution in [2.24, 2.45) is 0 Å². The van der Waals surface area contributed by atoms with E-state index >= 15 is 0 Å². The molecule has 0 amide bonds. The van der Waals surface area contributed by atoms with Crippen LogP contribution in [0.1, 0.15) is 18.9 Å². The van der Waals surface area contributed by atoms with E-state index in [-0.39, 0.29) is 0 Å². The van der Waals surface area contributed by atoms with Crippen LogP contribution in [-0.2, 0) is 6.42 Å². The van der Waals surface area contributed by atoms with Gasteiger partial charge in [-0.05, 0) is 35.6 Å². The first-order valence-electron chi connectivity index (χ1n) is 6.33. The lowest BCUT2D eigenvalue weighted by molar-refractivity contribution is 0.432. The first-order valence-corrected chi connectivity index (χ1v) is 7.21. The quantitative estimate of drug-likeness (QED) is 0.704. The standard InChI is InChI=1S/C15H14N2OS/c1-2-4-11-6-8-12(9-7-11)15-16-14(17-18-15)13-5-3-10-19-13/h3,5-10H,2,4H2,1H3. The number of benzene rings is 1. The van der Waals surface area contributed by atoms with E-state index in [9.17, 15) is 0 Å². The topological polar surface area (TPSA) is 38.9 Å². The van der Waals surface area contributed by atoms with Gasteiger partial charge in [0.25, 0.3) is 5.89 Å². The van der Waals surface area contributed by atoms with Crippen molar-refractivity contribution in [2.45, 2.75) is 19.8 Å². The van der Waals surface area contributed by atoms with Crippen LogP contribution in [0.25, 0.3) is 22.2 Å². The molecule has 0 saturated carbocycles. The molecule has 0 atom stereocenters. The van der Waals surface area contributed by atoms with Gasteiger partial charge in [-0.3, -0.25) is 0 Å². The predicted molar refractivity (Wildman–Crippen MR) is 77.0 cm³/mol. The molecule has 0 saturated heterocycles. The molecule has 2 heterocycles. The zero-order valence-corrected chi connectivity index (χ0v) is 11.5. The van der Waals surface area contributed by atoms with Crippen molar-refractivity contribution < 1.29 is 4.52 Å². The molecular formula is C15H14N2OS. The van der Waals surface area contributed by atoms with Crippen LogP contribution >= 0.6 is 11.3 Å². The Kier molecular flexibility index (Phi) is 3.42. The summed E-state index contributed by atoms with van der Waals surface area (Å²) in [6, 6.07) is 12.3. The summed E-state index contributed by atoms with van der Waals surface area (Å²) in [5, 5.41) is 6.02. The van der Waals surface area contributed by atoms with E-state index in [0.717, 1.165) is 23.3 Å². The highest BCUT2D eigenvalue weighted by molar-refractivity contribution is 7.13. The number of rotatable bonds is 4. The van der Waals surface area contributed by atoms with Crippen LogP contribution in [0.2, 0.25) is 0 Å². The lowest BCUT2D eigenvalue weighted by Crippen LogP contribution is -1.83. The Morgan fingerprint density at radius 2 is 2.00 bits per heavy atom. The van der Waals surface area contributed by atoms with E-state index in [0.29, 0.717) is 11.7 Å². The zero-order chi connectivity index (χ0) is 13.1. The van der Waals surface area contributed by atoms with Crippen LogP contribution in [0.15, 0.2) is 46.3 Å². The van der Waals surface area contributed by atoms with E-state index in [4.69, 9.17) is 4.52 Å². The maximum Gasteiger partial charge on any atom is 0.258 e. The third-order valence-electron chi connectivity index (χ3n) is 2.91. The van der Waals surface area contributed by atoms with Crippen LogP contribution in [0.5, 0.6) is 0 Å². The second-order valence-electron chi connectivity index (χ2n) is 4.35. The van der Waals surface area contributed by atoms with E-state index in [1.165, 1.54) is 5.56 Å². The molecule has 0 aliphatic heterocycles. The summed E-state index contributed by atoms with van der Waals surface area (Å²) >= 11 is 1.61. The van der Waals surface area contributed by atoms with Crippen molar-refractivity contribution in [2.75, 3.05) is 0 Å². The number of thiophene rings is 1. The number of aromatic nitrogens is 2. The Labute approximate surface area is 115 Å². The van der Waals surface area contributed by atoms with Gasteiger partial charge < -0.3 is 4.52 Å². The highest BCUT2D eigenvalue weighted by Crippen LogP contribution is 2.25. The number of hydrogen-bond acceptors (Lipinski definition) is 4. The first kappa shape index (κ1) is 12.1. The Morgan fingerprint density at radius 1 is 1.16 bits per heavy atom. The average molecular weight is 270 g/mol. The number of nitrogens with zero attached hydrogens (tertiary/aromatic N) is 2. The average Bonchev–Trinajstić information content (AvgIpc) is 3.11. The molecule has 3 aromatic rings. The SMILES string of the molecule is CCCc1ccc(-c2nc(-c3cccs3)no2)cc1. The minimum absolute atomic E-state index is 0.575. The van der Waals surface area contributed by atoms with Crippen molar-refractivity contribution in [3.05, 3.63) is 47.3 Å². The summed E-state index contributed by atoms with van der Waals surface area (Å²) in [6.07, 6.45) is 2.26. The molecular weight excluding hydrogens is 256 g/mol. The lowest BCUT2D eigenvalue weighted by atomic mass is 10.1. The van der Waals surface area contributed by atoms with Gasteiger partial charge in [-0.25, -0.2) is 0 Å². The smallest absolute Gasteiger partial charge is 0.258 e. The maximum atomic E-state index is 5.32. The van der Waals surface area contributed by atoms with Crippen molar-refractivity contribution >= 4 is 11.3 Å². The molecule has 0 radical (unpaired) electrons. The van der Waals surface area contributed by atoms with Gasteiger partial charge in [0.15, 0.2) is 0 Å². The van der Waals surface area contributed by atoms with Gasteiger partial charge in [0.2, 0.25) is 5.82 Å². The Hall–Kier alpha value is -1.94. The molecule has 19 heavy (non-hydrogen) atoms. The molecule has 0 aliphatic carbocycles. The second-order valence-corrected chi connectivity index (χ2v) is 5.30. The fourth-order valence-electron chi connectivity index (χ4n) is 1.95. The summed E-state index contributed by atoms with van der Waals surface area (Å²) in [4.78, 5) is 5.46. The van der Waals surface area contributed by atoms with Gasteiger partial charge >= 0.3 is 0 Å². The van der Waals surface area contributed by atoms with Crippen molar-refractivity contribution in [3.8, 4) is 22.2 Å². The van der Waals surface area contributed by atoms with Crippen LogP contribution < -0.4 is 0 Å². The molecule has 2 aromatic heterocycles. The third-order valence-corrected chi connectivity index (χ3v) is 3.77. The summed E-state index contributed by atoms with van der Waals surface area (Å²) < 4.78 is 5.32. The lowest BCUT2D eigenvalue weighted by Gasteiger charge is -1.98. The molecule has 3 nitrogen and oxygen atoms in total. The minimum atomic E-state index is 0.575. The molecule has 0 unspecified atom stereocenters. The fraction of sp³-hybridized carbons (Fsp3) is 0.200. The van der Waals surface area contributed by atoms with Gasteiger partial charge in [0.1, 0.15) is 0 Å². The van der Waals surface area contributed by atoms with E-state index in [2.05, 4.69) is 29.2 Å². The first-order chi connectivity index (χ1) is 9.36. The molecule has 96 valence electrons. The Bertz CT molecular complexity index is 641. The molecule has 3 rings (SSSR count). The Morgan fingerprint density at radius 3 is 2.68 bits per heavy atom. The van der Waals surface area contributed by atoms with Crippen LogP contribution in [-0.4, -0.2) is 10.1 Å². The maximum absolute atomic E-state index is 5.32. The van der Waals surface area contributed by atoms with Crippen LogP contribution in [0, 0.1) is 0 Å². The van der Waals surface area contributed by atoms with Crippen molar-refractivity contribution in [1.82, 2.24) is 10.1 Å². The molecule has 0 N–H and O–H groups in total.